The minimum Gasteiger partial charge on any atom is -0.272 e. The van der Waals surface area contributed by atoms with Gasteiger partial charge in [0.25, 0.3) is 0 Å². The first-order chi connectivity index (χ1) is 8.70. The Labute approximate surface area is 109 Å². The molecule has 1 aromatic rings. The van der Waals surface area contributed by atoms with Crippen LogP contribution in [0.5, 0.6) is 0 Å². The van der Waals surface area contributed by atoms with Gasteiger partial charge in [0.15, 0.2) is 0 Å². The molecule has 1 aliphatic rings. The molecule has 18 heavy (non-hydrogen) atoms. The molecule has 0 aliphatic carbocycles. The van der Waals surface area contributed by atoms with E-state index in [9.17, 15) is 4.79 Å². The van der Waals surface area contributed by atoms with Crippen LogP contribution in [-0.4, -0.2) is 17.0 Å². The highest BCUT2D eigenvalue weighted by molar-refractivity contribution is 5.81. The predicted molar refractivity (Wildman–Crippen MR) is 70.6 cm³/mol. The molecule has 1 aromatic carbocycles. The lowest BCUT2D eigenvalue weighted by molar-refractivity contribution is -0.235. The van der Waals surface area contributed by atoms with E-state index in [-0.39, 0.29) is 11.9 Å². The summed E-state index contributed by atoms with van der Waals surface area (Å²) >= 11 is 0. The molecule has 3 heteroatoms. The van der Waals surface area contributed by atoms with Crippen molar-refractivity contribution in [1.82, 2.24) is 5.06 Å². The van der Waals surface area contributed by atoms with E-state index in [1.165, 1.54) is 0 Å². The normalized spacial score (nSPS) is 20.7. The molecule has 1 aliphatic heterocycles. The summed E-state index contributed by atoms with van der Waals surface area (Å²) in [7, 11) is 0. The van der Waals surface area contributed by atoms with Crippen molar-refractivity contribution >= 4 is 5.91 Å². The number of carbonyl (C=O) groups excluding carboxylic acids is 1. The highest BCUT2D eigenvalue weighted by atomic mass is 16.7. The van der Waals surface area contributed by atoms with Crippen molar-refractivity contribution in [3.8, 4) is 0 Å². The third-order valence-electron chi connectivity index (χ3n) is 3.57. The third kappa shape index (κ3) is 3.10. The van der Waals surface area contributed by atoms with E-state index in [0.29, 0.717) is 18.9 Å². The van der Waals surface area contributed by atoms with Crippen LogP contribution in [0.1, 0.15) is 38.7 Å². The van der Waals surface area contributed by atoms with E-state index in [1.54, 1.807) is 5.06 Å². The SMILES string of the molecule is CCC(C)CC1CC(=O)N1OCc1ccccc1. The van der Waals surface area contributed by atoms with Crippen molar-refractivity contribution < 1.29 is 9.63 Å². The van der Waals surface area contributed by atoms with Gasteiger partial charge in [-0.15, -0.1) is 0 Å². The summed E-state index contributed by atoms with van der Waals surface area (Å²) in [6.45, 7) is 4.88. The first-order valence-electron chi connectivity index (χ1n) is 6.69. The maximum Gasteiger partial charge on any atom is 0.248 e. The molecule has 0 N–H and O–H groups in total. The summed E-state index contributed by atoms with van der Waals surface area (Å²) in [5.74, 6) is 0.755. The average molecular weight is 247 g/mol. The van der Waals surface area contributed by atoms with Crippen molar-refractivity contribution in [2.45, 2.75) is 45.8 Å². The Morgan fingerprint density at radius 2 is 2.11 bits per heavy atom. The predicted octanol–water partition coefficient (Wildman–Crippen LogP) is 3.16. The fourth-order valence-corrected chi connectivity index (χ4v) is 2.17. The minimum absolute atomic E-state index is 0.110. The number of hydrogen-bond acceptors (Lipinski definition) is 2. The van der Waals surface area contributed by atoms with Crippen LogP contribution in [0.15, 0.2) is 30.3 Å². The summed E-state index contributed by atoms with van der Waals surface area (Å²) in [5.41, 5.74) is 1.10. The van der Waals surface area contributed by atoms with Crippen LogP contribution in [0, 0.1) is 5.92 Å². The topological polar surface area (TPSA) is 29.5 Å². The van der Waals surface area contributed by atoms with Gasteiger partial charge in [0.2, 0.25) is 5.91 Å². The molecule has 2 atom stereocenters. The Bertz CT molecular complexity index is 391. The number of benzene rings is 1. The fourth-order valence-electron chi connectivity index (χ4n) is 2.17. The zero-order chi connectivity index (χ0) is 13.0. The van der Waals surface area contributed by atoms with Gasteiger partial charge in [-0.1, -0.05) is 50.6 Å². The molecule has 98 valence electrons. The molecule has 0 bridgehead atoms. The van der Waals surface area contributed by atoms with Gasteiger partial charge in [0.1, 0.15) is 6.61 Å². The maximum atomic E-state index is 11.5. The first-order valence-corrected chi connectivity index (χ1v) is 6.69. The molecule has 0 spiro atoms. The van der Waals surface area contributed by atoms with Gasteiger partial charge < -0.3 is 0 Å². The van der Waals surface area contributed by atoms with Gasteiger partial charge in [0, 0.05) is 0 Å². The fraction of sp³-hybridized carbons (Fsp3) is 0.533. The monoisotopic (exact) mass is 247 g/mol. The average Bonchev–Trinajstić information content (AvgIpc) is 2.39. The molecule has 2 rings (SSSR count). The molecular weight excluding hydrogens is 226 g/mol. The molecule has 3 nitrogen and oxygen atoms in total. The molecule has 0 saturated carbocycles. The van der Waals surface area contributed by atoms with Crippen LogP contribution < -0.4 is 0 Å². The first kappa shape index (κ1) is 13.1. The Balaban J connectivity index is 1.82. The van der Waals surface area contributed by atoms with Gasteiger partial charge in [-0.25, -0.2) is 5.06 Å². The molecule has 1 amide bonds. The third-order valence-corrected chi connectivity index (χ3v) is 3.57. The van der Waals surface area contributed by atoms with Gasteiger partial charge >= 0.3 is 0 Å². The lowest BCUT2D eigenvalue weighted by Gasteiger charge is -2.40. The lowest BCUT2D eigenvalue weighted by atomic mass is 9.92. The summed E-state index contributed by atoms with van der Waals surface area (Å²) in [6.07, 6.45) is 2.83. The van der Waals surface area contributed by atoms with Crippen molar-refractivity contribution in [1.29, 1.82) is 0 Å². The number of β-lactam (4-membered cyclic amide) rings is 1. The summed E-state index contributed by atoms with van der Waals surface area (Å²) in [5, 5.41) is 1.57. The Kier molecular flexibility index (Phi) is 4.37. The molecule has 1 heterocycles. The number of hydrogen-bond donors (Lipinski definition) is 0. The van der Waals surface area contributed by atoms with Crippen LogP contribution in [0.3, 0.4) is 0 Å². The van der Waals surface area contributed by atoms with E-state index in [2.05, 4.69) is 13.8 Å². The van der Waals surface area contributed by atoms with Crippen molar-refractivity contribution in [2.75, 3.05) is 0 Å². The zero-order valence-corrected chi connectivity index (χ0v) is 11.1. The minimum atomic E-state index is 0.110. The summed E-state index contributed by atoms with van der Waals surface area (Å²) < 4.78 is 0. The van der Waals surface area contributed by atoms with Gasteiger partial charge in [-0.05, 0) is 17.9 Å². The van der Waals surface area contributed by atoms with E-state index in [1.807, 2.05) is 30.3 Å². The quantitative estimate of drug-likeness (QED) is 0.723. The van der Waals surface area contributed by atoms with Gasteiger partial charge in [-0.2, -0.15) is 0 Å². The Morgan fingerprint density at radius 3 is 2.72 bits per heavy atom. The van der Waals surface area contributed by atoms with Gasteiger partial charge in [-0.3, -0.25) is 9.63 Å². The van der Waals surface area contributed by atoms with Crippen LogP contribution in [0.4, 0.5) is 0 Å². The largest absolute Gasteiger partial charge is 0.272 e. The van der Waals surface area contributed by atoms with Crippen LogP contribution in [0.2, 0.25) is 0 Å². The van der Waals surface area contributed by atoms with E-state index in [4.69, 9.17) is 4.84 Å². The van der Waals surface area contributed by atoms with Crippen LogP contribution >= 0.6 is 0 Å². The number of nitrogens with zero attached hydrogens (tertiary/aromatic N) is 1. The second-order valence-corrected chi connectivity index (χ2v) is 5.09. The molecule has 0 radical (unpaired) electrons. The van der Waals surface area contributed by atoms with E-state index < -0.39 is 0 Å². The molecule has 2 unspecified atom stereocenters. The van der Waals surface area contributed by atoms with Crippen molar-refractivity contribution in [3.63, 3.8) is 0 Å². The number of rotatable bonds is 6. The second-order valence-electron chi connectivity index (χ2n) is 5.09. The molecular formula is C15H21NO2. The maximum absolute atomic E-state index is 11.5. The Morgan fingerprint density at radius 1 is 1.39 bits per heavy atom. The summed E-state index contributed by atoms with van der Waals surface area (Å²) in [4.78, 5) is 17.2. The Hall–Kier alpha value is -1.35. The van der Waals surface area contributed by atoms with Crippen molar-refractivity contribution in [3.05, 3.63) is 35.9 Å². The lowest BCUT2D eigenvalue weighted by Crippen LogP contribution is -2.52. The molecule has 1 saturated heterocycles. The highest BCUT2D eigenvalue weighted by Gasteiger charge is 2.37. The zero-order valence-electron chi connectivity index (χ0n) is 11.1. The molecule has 1 fully saturated rings. The van der Waals surface area contributed by atoms with E-state index in [0.717, 1.165) is 18.4 Å². The standard InChI is InChI=1S/C15H21NO2/c1-3-12(2)9-14-10-15(17)16(14)18-11-13-7-5-4-6-8-13/h4-8,12,14H,3,9-11H2,1-2H3. The highest BCUT2D eigenvalue weighted by Crippen LogP contribution is 2.27. The number of hydroxylamine groups is 2. The number of carbonyl (C=O) groups is 1. The van der Waals surface area contributed by atoms with E-state index >= 15 is 0 Å². The second kappa shape index (κ2) is 6.01. The molecule has 0 aromatic heterocycles. The smallest absolute Gasteiger partial charge is 0.248 e. The number of amides is 1. The summed E-state index contributed by atoms with van der Waals surface area (Å²) in [6, 6.07) is 10.2. The van der Waals surface area contributed by atoms with Gasteiger partial charge in [0.05, 0.1) is 12.5 Å². The van der Waals surface area contributed by atoms with Crippen molar-refractivity contribution in [2.24, 2.45) is 5.92 Å². The van der Waals surface area contributed by atoms with Crippen LogP contribution in [0.25, 0.3) is 0 Å². The van der Waals surface area contributed by atoms with Crippen LogP contribution in [-0.2, 0) is 16.2 Å².